The molecule has 29 heavy (non-hydrogen) atoms. The summed E-state index contributed by atoms with van der Waals surface area (Å²) in [5.74, 6) is 0.0282. The Kier molecular flexibility index (Phi) is 5.23. The maximum Gasteiger partial charge on any atom is 0.342 e. The topological polar surface area (TPSA) is 62.2 Å². The van der Waals surface area contributed by atoms with Gasteiger partial charge in [-0.15, -0.1) is 0 Å². The molecule has 2 aromatic carbocycles. The van der Waals surface area contributed by atoms with Crippen LogP contribution in [0.1, 0.15) is 29.8 Å². The minimum atomic E-state index is -0.522. The highest BCUT2D eigenvalue weighted by molar-refractivity contribution is 6.08. The SMILES string of the molecule is CN1CCN(CCOC(=O)c2c3c(c4ccccc4c2O)OC(C)(C)C=C3)CC1. The van der Waals surface area contributed by atoms with Gasteiger partial charge in [0.05, 0.1) is 0 Å². The van der Waals surface area contributed by atoms with Crippen LogP contribution in [0, 0.1) is 0 Å². The van der Waals surface area contributed by atoms with E-state index in [0.29, 0.717) is 29.9 Å². The molecular formula is C23H28N2O4. The summed E-state index contributed by atoms with van der Waals surface area (Å²) in [5, 5.41) is 12.2. The summed E-state index contributed by atoms with van der Waals surface area (Å²) in [4.78, 5) is 17.5. The molecule has 2 aliphatic rings. The van der Waals surface area contributed by atoms with Gasteiger partial charge in [-0.25, -0.2) is 4.79 Å². The molecule has 0 bridgehead atoms. The second-order valence-corrected chi connectivity index (χ2v) is 8.33. The fourth-order valence-corrected chi connectivity index (χ4v) is 3.88. The zero-order chi connectivity index (χ0) is 20.6. The monoisotopic (exact) mass is 396 g/mol. The normalized spacial score (nSPS) is 19.0. The van der Waals surface area contributed by atoms with Crippen LogP contribution in [0.15, 0.2) is 30.3 Å². The largest absolute Gasteiger partial charge is 0.506 e. The molecule has 0 unspecified atom stereocenters. The van der Waals surface area contributed by atoms with Gasteiger partial charge in [0, 0.05) is 49.1 Å². The first-order chi connectivity index (χ1) is 13.9. The predicted octanol–water partition coefficient (Wildman–Crippen LogP) is 3.13. The molecule has 0 aromatic heterocycles. The number of phenols is 1. The van der Waals surface area contributed by atoms with Crippen molar-refractivity contribution in [2.75, 3.05) is 46.4 Å². The van der Waals surface area contributed by atoms with Crippen molar-refractivity contribution in [1.29, 1.82) is 0 Å². The fraction of sp³-hybridized carbons (Fsp3) is 0.435. The van der Waals surface area contributed by atoms with E-state index in [1.165, 1.54) is 0 Å². The van der Waals surface area contributed by atoms with Gasteiger partial charge >= 0.3 is 5.97 Å². The Bertz CT molecular complexity index is 959. The Labute approximate surface area is 171 Å². The third-order valence-electron chi connectivity index (χ3n) is 5.63. The molecule has 0 radical (unpaired) electrons. The smallest absolute Gasteiger partial charge is 0.342 e. The lowest BCUT2D eigenvalue weighted by Gasteiger charge is -2.32. The summed E-state index contributed by atoms with van der Waals surface area (Å²) in [6.45, 7) is 8.88. The molecule has 2 aliphatic heterocycles. The molecule has 2 aromatic rings. The van der Waals surface area contributed by atoms with E-state index >= 15 is 0 Å². The molecule has 0 spiro atoms. The number of hydrogen-bond donors (Lipinski definition) is 1. The second kappa shape index (κ2) is 7.69. The molecule has 0 atom stereocenters. The van der Waals surface area contributed by atoms with Crippen molar-refractivity contribution in [3.8, 4) is 11.5 Å². The van der Waals surface area contributed by atoms with E-state index in [1.807, 2.05) is 44.2 Å². The van der Waals surface area contributed by atoms with Crippen LogP contribution >= 0.6 is 0 Å². The maximum atomic E-state index is 12.9. The lowest BCUT2D eigenvalue weighted by molar-refractivity contribution is 0.0428. The van der Waals surface area contributed by atoms with Crippen LogP contribution in [0.4, 0.5) is 0 Å². The summed E-state index contributed by atoms with van der Waals surface area (Å²) >= 11 is 0. The van der Waals surface area contributed by atoms with Crippen LogP contribution in [0.2, 0.25) is 0 Å². The summed E-state index contributed by atoms with van der Waals surface area (Å²) in [7, 11) is 2.11. The Morgan fingerprint density at radius 2 is 1.86 bits per heavy atom. The second-order valence-electron chi connectivity index (χ2n) is 8.33. The van der Waals surface area contributed by atoms with E-state index in [2.05, 4.69) is 16.8 Å². The Hall–Kier alpha value is -2.57. The van der Waals surface area contributed by atoms with Crippen molar-refractivity contribution >= 4 is 22.8 Å². The van der Waals surface area contributed by atoms with Crippen molar-refractivity contribution in [3.63, 3.8) is 0 Å². The average Bonchev–Trinajstić information content (AvgIpc) is 2.70. The van der Waals surface area contributed by atoms with E-state index in [4.69, 9.17) is 9.47 Å². The van der Waals surface area contributed by atoms with Gasteiger partial charge in [-0.3, -0.25) is 4.90 Å². The zero-order valence-corrected chi connectivity index (χ0v) is 17.3. The van der Waals surface area contributed by atoms with Crippen LogP contribution < -0.4 is 4.74 Å². The number of ether oxygens (including phenoxy) is 2. The van der Waals surface area contributed by atoms with Crippen molar-refractivity contribution in [2.45, 2.75) is 19.4 Å². The first-order valence-corrected chi connectivity index (χ1v) is 10.1. The number of likely N-dealkylation sites (N-methyl/N-ethyl adjacent to an activating group) is 1. The van der Waals surface area contributed by atoms with E-state index in [0.717, 1.165) is 31.6 Å². The van der Waals surface area contributed by atoms with Crippen LogP contribution in [0.3, 0.4) is 0 Å². The van der Waals surface area contributed by atoms with Crippen molar-refractivity contribution < 1.29 is 19.4 Å². The lowest BCUT2D eigenvalue weighted by Crippen LogP contribution is -2.45. The summed E-state index contributed by atoms with van der Waals surface area (Å²) in [6.07, 6.45) is 3.74. The number of phenolic OH excluding ortho intramolecular Hbond substituents is 1. The average molecular weight is 396 g/mol. The van der Waals surface area contributed by atoms with Gasteiger partial charge in [-0.1, -0.05) is 30.3 Å². The number of benzene rings is 2. The van der Waals surface area contributed by atoms with E-state index in [1.54, 1.807) is 6.07 Å². The number of nitrogens with zero attached hydrogens (tertiary/aromatic N) is 2. The molecule has 6 heteroatoms. The minimum Gasteiger partial charge on any atom is -0.506 e. The molecule has 6 nitrogen and oxygen atoms in total. The highest BCUT2D eigenvalue weighted by atomic mass is 16.5. The van der Waals surface area contributed by atoms with Gasteiger partial charge in [0.1, 0.15) is 29.3 Å². The summed E-state index contributed by atoms with van der Waals surface area (Å²) in [6, 6.07) is 7.41. The summed E-state index contributed by atoms with van der Waals surface area (Å²) in [5.41, 5.74) is 0.254. The van der Waals surface area contributed by atoms with E-state index in [-0.39, 0.29) is 11.3 Å². The quantitative estimate of drug-likeness (QED) is 0.802. The predicted molar refractivity (Wildman–Crippen MR) is 114 cm³/mol. The van der Waals surface area contributed by atoms with Crippen LogP contribution in [-0.2, 0) is 4.74 Å². The van der Waals surface area contributed by atoms with E-state index in [9.17, 15) is 9.90 Å². The molecule has 1 fully saturated rings. The number of rotatable bonds is 4. The zero-order valence-electron chi connectivity index (χ0n) is 17.3. The van der Waals surface area contributed by atoms with Gasteiger partial charge in [0.2, 0.25) is 0 Å². The van der Waals surface area contributed by atoms with Crippen molar-refractivity contribution in [2.24, 2.45) is 0 Å². The van der Waals surface area contributed by atoms with Crippen LogP contribution in [0.5, 0.6) is 11.5 Å². The Balaban J connectivity index is 1.60. The van der Waals surface area contributed by atoms with Gasteiger partial charge in [-0.2, -0.15) is 0 Å². The van der Waals surface area contributed by atoms with Crippen molar-refractivity contribution in [3.05, 3.63) is 41.5 Å². The molecule has 154 valence electrons. The summed E-state index contributed by atoms with van der Waals surface area (Å²) < 4.78 is 11.7. The first-order valence-electron chi connectivity index (χ1n) is 10.1. The number of aromatic hydroxyl groups is 1. The highest BCUT2D eigenvalue weighted by Crippen LogP contribution is 2.44. The van der Waals surface area contributed by atoms with Gasteiger partial charge in [0.15, 0.2) is 0 Å². The number of hydrogen-bond acceptors (Lipinski definition) is 6. The number of carbonyl (C=O) groups excluding carboxylic acids is 1. The number of fused-ring (bicyclic) bond motifs is 3. The maximum absolute atomic E-state index is 12.9. The number of carbonyl (C=O) groups is 1. The van der Waals surface area contributed by atoms with Gasteiger partial charge < -0.3 is 19.5 Å². The fourth-order valence-electron chi connectivity index (χ4n) is 3.88. The molecule has 2 heterocycles. The van der Waals surface area contributed by atoms with Gasteiger partial charge in [-0.05, 0) is 27.0 Å². The third kappa shape index (κ3) is 3.95. The highest BCUT2D eigenvalue weighted by Gasteiger charge is 2.30. The first kappa shape index (κ1) is 19.7. The minimum absolute atomic E-state index is 0.0584. The number of piperazine rings is 1. The Morgan fingerprint density at radius 3 is 2.59 bits per heavy atom. The number of esters is 1. The molecule has 0 aliphatic carbocycles. The molecule has 0 amide bonds. The molecule has 4 rings (SSSR count). The van der Waals surface area contributed by atoms with Gasteiger partial charge in [0.25, 0.3) is 0 Å². The molecular weight excluding hydrogens is 368 g/mol. The molecule has 0 saturated carbocycles. The van der Waals surface area contributed by atoms with E-state index < -0.39 is 11.6 Å². The van der Waals surface area contributed by atoms with Crippen molar-refractivity contribution in [1.82, 2.24) is 9.80 Å². The lowest BCUT2D eigenvalue weighted by atomic mass is 9.93. The van der Waals surface area contributed by atoms with Crippen LogP contribution in [-0.4, -0.2) is 72.9 Å². The molecule has 1 saturated heterocycles. The third-order valence-corrected chi connectivity index (χ3v) is 5.63. The Morgan fingerprint density at radius 1 is 1.17 bits per heavy atom. The van der Waals surface area contributed by atoms with Crippen LogP contribution in [0.25, 0.3) is 16.8 Å². The molecule has 1 N–H and O–H groups in total. The standard InChI is InChI=1S/C23H28N2O4/c1-23(2)9-8-18-19(20(26)16-6-4-5-7-17(16)21(18)29-23)22(27)28-15-14-25-12-10-24(3)11-13-25/h4-9,26H,10-15H2,1-3H3.